The summed E-state index contributed by atoms with van der Waals surface area (Å²) in [4.78, 5) is 22.5. The first kappa shape index (κ1) is 14.5. The number of rotatable bonds is 3. The molecule has 8 heteroatoms. The van der Waals surface area contributed by atoms with E-state index in [1.54, 1.807) is 10.7 Å². The van der Waals surface area contributed by atoms with Gasteiger partial charge in [-0.15, -0.1) is 0 Å². The normalized spacial score (nSPS) is 18.3. The van der Waals surface area contributed by atoms with Crippen LogP contribution in [0, 0.1) is 10.1 Å². The minimum Gasteiger partial charge on any atom is -0.465 e. The molecule has 2 aromatic rings. The van der Waals surface area contributed by atoms with Crippen LogP contribution in [-0.2, 0) is 9.47 Å². The number of nitrogens with zero attached hydrogens (tertiary/aromatic N) is 3. The molecule has 8 nitrogen and oxygen atoms in total. The number of fused-ring (bicyclic) bond motifs is 1. The second kappa shape index (κ2) is 5.72. The van der Waals surface area contributed by atoms with Gasteiger partial charge in [0.1, 0.15) is 5.56 Å². The maximum absolute atomic E-state index is 11.7. The van der Waals surface area contributed by atoms with Crippen LogP contribution in [0.25, 0.3) is 10.9 Å². The number of esters is 1. The van der Waals surface area contributed by atoms with E-state index in [0.29, 0.717) is 17.5 Å². The minimum atomic E-state index is -0.740. The lowest BCUT2D eigenvalue weighted by molar-refractivity contribution is -0.383. The number of nitro benzene ring substituents is 1. The Morgan fingerprint density at radius 2 is 2.32 bits per heavy atom. The third-order valence-corrected chi connectivity index (χ3v) is 3.77. The number of hydrogen-bond acceptors (Lipinski definition) is 6. The van der Waals surface area contributed by atoms with Gasteiger partial charge < -0.3 is 9.47 Å². The quantitative estimate of drug-likeness (QED) is 0.491. The fourth-order valence-electron chi connectivity index (χ4n) is 2.72. The average molecular weight is 305 g/mol. The Bertz CT molecular complexity index is 733. The second-order valence-corrected chi connectivity index (χ2v) is 5.05. The first-order valence-corrected chi connectivity index (χ1v) is 6.98. The van der Waals surface area contributed by atoms with Crippen molar-refractivity contribution < 1.29 is 19.2 Å². The molecule has 0 N–H and O–H groups in total. The lowest BCUT2D eigenvalue weighted by atomic mass is 10.1. The van der Waals surface area contributed by atoms with Crippen LogP contribution in [0.5, 0.6) is 0 Å². The van der Waals surface area contributed by atoms with Crippen molar-refractivity contribution in [1.82, 2.24) is 9.78 Å². The van der Waals surface area contributed by atoms with E-state index < -0.39 is 10.9 Å². The fourth-order valence-corrected chi connectivity index (χ4v) is 2.72. The highest BCUT2D eigenvalue weighted by atomic mass is 16.6. The van der Waals surface area contributed by atoms with E-state index in [2.05, 4.69) is 9.84 Å². The molecule has 1 fully saturated rings. The van der Waals surface area contributed by atoms with E-state index in [1.165, 1.54) is 19.4 Å². The fraction of sp³-hybridized carbons (Fsp3) is 0.429. The van der Waals surface area contributed by atoms with Crippen molar-refractivity contribution in [3.63, 3.8) is 0 Å². The summed E-state index contributed by atoms with van der Waals surface area (Å²) in [6.45, 7) is 0.647. The molecular formula is C14H15N3O5. The van der Waals surface area contributed by atoms with Crippen LogP contribution in [0.15, 0.2) is 18.3 Å². The molecule has 0 saturated carbocycles. The van der Waals surface area contributed by atoms with Crippen molar-refractivity contribution in [2.24, 2.45) is 0 Å². The number of benzene rings is 1. The highest BCUT2D eigenvalue weighted by molar-refractivity contribution is 6.02. The maximum Gasteiger partial charge on any atom is 0.344 e. The molecular weight excluding hydrogens is 290 g/mol. The molecule has 0 spiro atoms. The van der Waals surface area contributed by atoms with Crippen molar-refractivity contribution in [3.05, 3.63) is 34.0 Å². The van der Waals surface area contributed by atoms with Gasteiger partial charge in [-0.3, -0.25) is 10.1 Å². The molecule has 1 atom stereocenters. The molecule has 1 aliphatic heterocycles. The molecule has 1 aliphatic rings. The summed E-state index contributed by atoms with van der Waals surface area (Å²) in [5.74, 6) is -0.740. The third-order valence-electron chi connectivity index (χ3n) is 3.77. The third kappa shape index (κ3) is 2.31. The Morgan fingerprint density at radius 1 is 1.50 bits per heavy atom. The van der Waals surface area contributed by atoms with Gasteiger partial charge in [-0.1, -0.05) is 0 Å². The molecule has 0 amide bonds. The molecule has 1 aromatic heterocycles. The minimum absolute atomic E-state index is 0.0795. The zero-order chi connectivity index (χ0) is 15.7. The van der Waals surface area contributed by atoms with Gasteiger partial charge in [0.2, 0.25) is 0 Å². The second-order valence-electron chi connectivity index (χ2n) is 5.05. The Labute approximate surface area is 125 Å². The zero-order valence-corrected chi connectivity index (χ0v) is 12.0. The van der Waals surface area contributed by atoms with E-state index in [9.17, 15) is 14.9 Å². The van der Waals surface area contributed by atoms with Gasteiger partial charge in [0, 0.05) is 6.61 Å². The van der Waals surface area contributed by atoms with Gasteiger partial charge in [0.25, 0.3) is 5.69 Å². The summed E-state index contributed by atoms with van der Waals surface area (Å²) in [6, 6.07) is 3.03. The number of ether oxygens (including phenoxy) is 2. The molecule has 0 aliphatic carbocycles. The Hall–Kier alpha value is -2.48. The van der Waals surface area contributed by atoms with E-state index >= 15 is 0 Å². The van der Waals surface area contributed by atoms with E-state index in [4.69, 9.17) is 4.74 Å². The van der Waals surface area contributed by atoms with Crippen molar-refractivity contribution in [3.8, 4) is 0 Å². The van der Waals surface area contributed by atoms with E-state index in [0.717, 1.165) is 19.3 Å². The largest absolute Gasteiger partial charge is 0.465 e. The van der Waals surface area contributed by atoms with Gasteiger partial charge in [0.15, 0.2) is 6.23 Å². The number of nitro groups is 1. The molecule has 22 heavy (non-hydrogen) atoms. The van der Waals surface area contributed by atoms with Crippen LogP contribution in [0.2, 0.25) is 0 Å². The maximum atomic E-state index is 11.7. The van der Waals surface area contributed by atoms with Gasteiger partial charge in [0.05, 0.1) is 29.1 Å². The van der Waals surface area contributed by atoms with Gasteiger partial charge in [-0.2, -0.15) is 5.10 Å². The highest BCUT2D eigenvalue weighted by Gasteiger charge is 2.28. The predicted octanol–water partition coefficient (Wildman–Crippen LogP) is 2.43. The van der Waals surface area contributed by atoms with Gasteiger partial charge in [-0.05, 0) is 31.4 Å². The summed E-state index contributed by atoms with van der Waals surface area (Å²) < 4.78 is 11.9. The molecule has 1 saturated heterocycles. The lowest BCUT2D eigenvalue weighted by Crippen LogP contribution is -2.19. The van der Waals surface area contributed by atoms with Crippen molar-refractivity contribution >= 4 is 22.6 Å². The number of aromatic nitrogens is 2. The number of carbonyl (C=O) groups is 1. The van der Waals surface area contributed by atoms with Crippen LogP contribution in [0.1, 0.15) is 35.8 Å². The number of hydrogen-bond donors (Lipinski definition) is 0. The SMILES string of the molecule is COC(=O)c1ccc2c(cnn2C2CCCCO2)c1[N+](=O)[O-]. The zero-order valence-electron chi connectivity index (χ0n) is 12.0. The molecule has 116 valence electrons. The van der Waals surface area contributed by atoms with Gasteiger partial charge >= 0.3 is 5.97 Å². The smallest absolute Gasteiger partial charge is 0.344 e. The van der Waals surface area contributed by atoms with Crippen molar-refractivity contribution in [2.45, 2.75) is 25.5 Å². The summed E-state index contributed by atoms with van der Waals surface area (Å²) >= 11 is 0. The Kier molecular flexibility index (Phi) is 3.76. The molecule has 3 rings (SSSR count). The molecule has 2 heterocycles. The average Bonchev–Trinajstić information content (AvgIpc) is 2.97. The number of methoxy groups -OCH3 is 1. The molecule has 1 aromatic carbocycles. The first-order valence-electron chi connectivity index (χ1n) is 6.98. The summed E-state index contributed by atoms with van der Waals surface area (Å²) in [5.41, 5.74) is 0.210. The highest BCUT2D eigenvalue weighted by Crippen LogP contribution is 2.33. The van der Waals surface area contributed by atoms with Crippen molar-refractivity contribution in [2.75, 3.05) is 13.7 Å². The van der Waals surface area contributed by atoms with E-state index in [-0.39, 0.29) is 17.5 Å². The lowest BCUT2D eigenvalue weighted by Gasteiger charge is -2.23. The van der Waals surface area contributed by atoms with Crippen LogP contribution in [0.3, 0.4) is 0 Å². The van der Waals surface area contributed by atoms with Crippen LogP contribution >= 0.6 is 0 Å². The van der Waals surface area contributed by atoms with Crippen LogP contribution in [0.4, 0.5) is 5.69 Å². The predicted molar refractivity (Wildman–Crippen MR) is 76.6 cm³/mol. The molecule has 0 bridgehead atoms. The summed E-state index contributed by atoms with van der Waals surface area (Å²) in [6.07, 6.45) is 4.01. The monoisotopic (exact) mass is 305 g/mol. The standard InChI is InChI=1S/C14H15N3O5/c1-21-14(18)9-5-6-11-10(13(9)17(19)20)8-15-16(11)12-4-2-3-7-22-12/h5-6,8,12H,2-4,7H2,1H3. The molecule has 1 unspecified atom stereocenters. The number of carbonyl (C=O) groups excluding carboxylic acids is 1. The Morgan fingerprint density at radius 3 is 2.95 bits per heavy atom. The van der Waals surface area contributed by atoms with Crippen LogP contribution < -0.4 is 0 Å². The van der Waals surface area contributed by atoms with Gasteiger partial charge in [-0.25, -0.2) is 9.48 Å². The first-order chi connectivity index (χ1) is 10.6. The summed E-state index contributed by atoms with van der Waals surface area (Å²) in [7, 11) is 1.19. The van der Waals surface area contributed by atoms with E-state index in [1.807, 2.05) is 0 Å². The topological polar surface area (TPSA) is 96.5 Å². The van der Waals surface area contributed by atoms with Crippen molar-refractivity contribution in [1.29, 1.82) is 0 Å². The Balaban J connectivity index is 2.15. The molecule has 0 radical (unpaired) electrons. The van der Waals surface area contributed by atoms with Crippen LogP contribution in [-0.4, -0.2) is 34.4 Å². The summed E-state index contributed by atoms with van der Waals surface area (Å²) in [5, 5.41) is 15.9.